The molecule has 156 valence electrons. The van der Waals surface area contributed by atoms with Gasteiger partial charge in [0.25, 0.3) is 0 Å². The summed E-state index contributed by atoms with van der Waals surface area (Å²) in [6.07, 6.45) is 1.23. The van der Waals surface area contributed by atoms with E-state index in [4.69, 9.17) is 4.74 Å². The van der Waals surface area contributed by atoms with Crippen molar-refractivity contribution in [3.63, 3.8) is 0 Å². The van der Waals surface area contributed by atoms with E-state index in [1.54, 1.807) is 7.11 Å². The highest BCUT2D eigenvalue weighted by atomic mass is 35.5. The van der Waals surface area contributed by atoms with E-state index in [2.05, 4.69) is 17.3 Å². The molecule has 28 heavy (non-hydrogen) atoms. The molecule has 2 aromatic rings. The summed E-state index contributed by atoms with van der Waals surface area (Å²) in [5.74, 6) is 1.02. The van der Waals surface area contributed by atoms with E-state index in [1.165, 1.54) is 5.56 Å². The zero-order valence-corrected chi connectivity index (χ0v) is 18.5. The van der Waals surface area contributed by atoms with Crippen LogP contribution in [-0.4, -0.2) is 47.3 Å². The van der Waals surface area contributed by atoms with Gasteiger partial charge >= 0.3 is 0 Å². The number of hydrogen-bond acceptors (Lipinski definition) is 4. The molecule has 0 aliphatic carbocycles. The quantitative estimate of drug-likeness (QED) is 0.794. The van der Waals surface area contributed by atoms with Crippen LogP contribution >= 0.6 is 24.8 Å². The Labute approximate surface area is 179 Å². The topological polar surface area (TPSA) is 59.4 Å². The van der Waals surface area contributed by atoms with Gasteiger partial charge in [0.15, 0.2) is 0 Å². The lowest BCUT2D eigenvalue weighted by Crippen LogP contribution is -2.48. The van der Waals surface area contributed by atoms with Crippen molar-refractivity contribution in [1.82, 2.24) is 20.0 Å². The average Bonchev–Trinajstić information content (AvgIpc) is 2.91. The van der Waals surface area contributed by atoms with Gasteiger partial charge < -0.3 is 15.0 Å². The third-order valence-electron chi connectivity index (χ3n) is 5.31. The number of rotatable bonds is 5. The Morgan fingerprint density at radius 2 is 2.00 bits per heavy atom. The molecule has 1 aliphatic rings. The lowest BCUT2D eigenvalue weighted by Gasteiger charge is -2.37. The number of methoxy groups -OCH3 is 1. The zero-order chi connectivity index (χ0) is 18.7. The number of aryl methyl sites for hydroxylation is 2. The molecule has 0 spiro atoms. The fourth-order valence-electron chi connectivity index (χ4n) is 3.78. The number of piperazine rings is 1. The minimum atomic E-state index is 0. The minimum Gasteiger partial charge on any atom is -0.496 e. The number of carbonyl (C=O) groups is 1. The third kappa shape index (κ3) is 4.99. The average molecular weight is 429 g/mol. The smallest absolute Gasteiger partial charge is 0.223 e. The van der Waals surface area contributed by atoms with Gasteiger partial charge in [-0.1, -0.05) is 18.2 Å². The van der Waals surface area contributed by atoms with Gasteiger partial charge in [0.05, 0.1) is 18.8 Å². The first-order valence-electron chi connectivity index (χ1n) is 9.15. The van der Waals surface area contributed by atoms with Crippen LogP contribution in [0.2, 0.25) is 0 Å². The standard InChI is InChI=1S/C20H28N4O2.2ClH/c1-14-16(15(2)23(3)22-14)9-10-20(25)24-12-11-21-13-18(24)17-7-5-6-8-19(17)26-4;;/h5-8,18,21H,9-13H2,1-4H3;2*1H. The molecule has 6 nitrogen and oxygen atoms in total. The highest BCUT2D eigenvalue weighted by Crippen LogP contribution is 2.30. The molecule has 0 saturated carbocycles. The maximum atomic E-state index is 13.0. The molecule has 0 radical (unpaired) electrons. The van der Waals surface area contributed by atoms with Crippen LogP contribution in [0.15, 0.2) is 24.3 Å². The summed E-state index contributed by atoms with van der Waals surface area (Å²) in [5, 5.41) is 7.85. The van der Waals surface area contributed by atoms with Crippen LogP contribution in [0.4, 0.5) is 0 Å². The lowest BCUT2D eigenvalue weighted by molar-refractivity contribution is -0.134. The van der Waals surface area contributed by atoms with Crippen molar-refractivity contribution in [3.8, 4) is 5.75 Å². The van der Waals surface area contributed by atoms with Gasteiger partial charge in [-0.2, -0.15) is 5.10 Å². The molecule has 1 amide bonds. The second-order valence-electron chi connectivity index (χ2n) is 6.82. The Bertz CT molecular complexity index is 795. The first kappa shape index (κ1) is 24.3. The first-order chi connectivity index (χ1) is 12.5. The molecule has 0 bridgehead atoms. The van der Waals surface area contributed by atoms with E-state index in [9.17, 15) is 4.79 Å². The normalized spacial score (nSPS) is 16.1. The Balaban J connectivity index is 0.00000196. The zero-order valence-electron chi connectivity index (χ0n) is 16.9. The summed E-state index contributed by atoms with van der Waals surface area (Å²) in [7, 11) is 3.62. The Hall–Kier alpha value is -1.76. The van der Waals surface area contributed by atoms with Gasteiger partial charge in [-0.25, -0.2) is 0 Å². The number of aromatic nitrogens is 2. The van der Waals surface area contributed by atoms with Crippen LogP contribution in [-0.2, 0) is 18.3 Å². The van der Waals surface area contributed by atoms with E-state index in [1.807, 2.05) is 47.8 Å². The van der Waals surface area contributed by atoms with Gasteiger partial charge in [0.2, 0.25) is 5.91 Å². The predicted molar refractivity (Wildman–Crippen MR) is 116 cm³/mol. The highest BCUT2D eigenvalue weighted by Gasteiger charge is 2.29. The SMILES string of the molecule is COc1ccccc1C1CNCCN1C(=O)CCc1c(C)nn(C)c1C.Cl.Cl. The molecular formula is C20H30Cl2N4O2. The lowest BCUT2D eigenvalue weighted by atomic mass is 10.0. The molecule has 1 unspecified atom stereocenters. The van der Waals surface area contributed by atoms with Gasteiger partial charge in [0, 0.05) is 44.4 Å². The van der Waals surface area contributed by atoms with E-state index in [-0.39, 0.29) is 36.8 Å². The molecule has 1 N–H and O–H groups in total. The Morgan fingerprint density at radius 3 is 2.64 bits per heavy atom. The molecule has 1 aromatic heterocycles. The number of hydrogen-bond donors (Lipinski definition) is 1. The van der Waals surface area contributed by atoms with Crippen molar-refractivity contribution in [2.75, 3.05) is 26.7 Å². The van der Waals surface area contributed by atoms with E-state index >= 15 is 0 Å². The second-order valence-corrected chi connectivity index (χ2v) is 6.82. The van der Waals surface area contributed by atoms with Gasteiger partial charge in [-0.05, 0) is 31.9 Å². The number of nitrogens with zero attached hydrogens (tertiary/aromatic N) is 3. The van der Waals surface area contributed by atoms with Crippen molar-refractivity contribution in [3.05, 3.63) is 46.8 Å². The van der Waals surface area contributed by atoms with Crippen LogP contribution in [0, 0.1) is 13.8 Å². The summed E-state index contributed by atoms with van der Waals surface area (Å²) in [4.78, 5) is 15.0. The number of amides is 1. The summed E-state index contributed by atoms with van der Waals surface area (Å²) in [5.41, 5.74) is 4.39. The molecule has 1 aliphatic heterocycles. The number of nitrogens with one attached hydrogen (secondary N) is 1. The molecule has 3 rings (SSSR count). The van der Waals surface area contributed by atoms with Crippen molar-refractivity contribution in [1.29, 1.82) is 0 Å². The summed E-state index contributed by atoms with van der Waals surface area (Å²) < 4.78 is 7.40. The maximum Gasteiger partial charge on any atom is 0.223 e. The minimum absolute atomic E-state index is 0. The van der Waals surface area contributed by atoms with Crippen LogP contribution in [0.1, 0.15) is 35.0 Å². The van der Waals surface area contributed by atoms with Crippen molar-refractivity contribution in [2.45, 2.75) is 32.7 Å². The van der Waals surface area contributed by atoms with E-state index in [0.29, 0.717) is 13.0 Å². The van der Waals surface area contributed by atoms with Gasteiger partial charge in [-0.15, -0.1) is 24.8 Å². The van der Waals surface area contributed by atoms with Gasteiger partial charge in [-0.3, -0.25) is 9.48 Å². The Kier molecular flexibility index (Phi) is 9.27. The molecule has 1 atom stereocenters. The van der Waals surface area contributed by atoms with E-state index in [0.717, 1.165) is 42.2 Å². The fourth-order valence-corrected chi connectivity index (χ4v) is 3.78. The number of benzene rings is 1. The number of halogens is 2. The van der Waals surface area contributed by atoms with Crippen molar-refractivity contribution < 1.29 is 9.53 Å². The molecule has 1 aromatic carbocycles. The molecular weight excluding hydrogens is 399 g/mol. The molecule has 1 fully saturated rings. The van der Waals surface area contributed by atoms with E-state index < -0.39 is 0 Å². The third-order valence-corrected chi connectivity index (χ3v) is 5.31. The number of carbonyl (C=O) groups excluding carboxylic acids is 1. The molecule has 1 saturated heterocycles. The predicted octanol–water partition coefficient (Wildman–Crippen LogP) is 2.99. The van der Waals surface area contributed by atoms with Crippen molar-refractivity contribution in [2.24, 2.45) is 7.05 Å². The van der Waals surface area contributed by atoms with Crippen molar-refractivity contribution >= 4 is 30.7 Å². The largest absolute Gasteiger partial charge is 0.496 e. The maximum absolute atomic E-state index is 13.0. The summed E-state index contributed by atoms with van der Waals surface area (Å²) in [6.45, 7) is 6.35. The van der Waals surface area contributed by atoms with Crippen LogP contribution in [0.25, 0.3) is 0 Å². The number of para-hydroxylation sites is 1. The number of ether oxygens (including phenoxy) is 1. The highest BCUT2D eigenvalue weighted by molar-refractivity contribution is 5.85. The Morgan fingerprint density at radius 1 is 1.29 bits per heavy atom. The summed E-state index contributed by atoms with van der Waals surface area (Å²) >= 11 is 0. The summed E-state index contributed by atoms with van der Waals surface area (Å²) in [6, 6.07) is 7.96. The second kappa shape index (κ2) is 10.7. The molecule has 8 heteroatoms. The monoisotopic (exact) mass is 428 g/mol. The van der Waals surface area contributed by atoms with Crippen LogP contribution in [0.5, 0.6) is 5.75 Å². The van der Waals surface area contributed by atoms with Crippen LogP contribution < -0.4 is 10.1 Å². The fraction of sp³-hybridized carbons (Fsp3) is 0.500. The first-order valence-corrected chi connectivity index (χ1v) is 9.15. The van der Waals surface area contributed by atoms with Crippen LogP contribution in [0.3, 0.4) is 0 Å². The molecule has 2 heterocycles. The van der Waals surface area contributed by atoms with Gasteiger partial charge in [0.1, 0.15) is 5.75 Å².